The molecule has 5 heteroatoms. The highest BCUT2D eigenvalue weighted by Crippen LogP contribution is 2.26. The van der Waals surface area contributed by atoms with Gasteiger partial charge in [-0.2, -0.15) is 0 Å². The zero-order valence-electron chi connectivity index (χ0n) is 14.6. The Hall–Kier alpha value is -3.08. The summed E-state index contributed by atoms with van der Waals surface area (Å²) in [5.74, 6) is 0.0584. The number of nitrogens with one attached hydrogen (secondary N) is 1. The Morgan fingerprint density at radius 1 is 1.12 bits per heavy atom. The van der Waals surface area contributed by atoms with Gasteiger partial charge in [0.1, 0.15) is 12.4 Å². The number of benzene rings is 2. The molecule has 0 bridgehead atoms. The number of amides is 1. The van der Waals surface area contributed by atoms with Crippen LogP contribution in [0.3, 0.4) is 0 Å². The fourth-order valence-corrected chi connectivity index (χ4v) is 2.68. The molecule has 0 unspecified atom stereocenters. The Bertz CT molecular complexity index is 814. The highest BCUT2D eigenvalue weighted by Gasteiger charge is 2.19. The van der Waals surface area contributed by atoms with Crippen LogP contribution >= 0.6 is 0 Å². The molecule has 0 aliphatic carbocycles. The second kappa shape index (κ2) is 8.34. The molecule has 1 aliphatic rings. The van der Waals surface area contributed by atoms with Gasteiger partial charge in [0.25, 0.3) is 5.91 Å². The van der Waals surface area contributed by atoms with Crippen LogP contribution in [0.15, 0.2) is 60.2 Å². The zero-order valence-corrected chi connectivity index (χ0v) is 14.6. The number of hydrogen-bond acceptors (Lipinski definition) is 4. The summed E-state index contributed by atoms with van der Waals surface area (Å²) in [7, 11) is 0. The first-order valence-corrected chi connectivity index (χ1v) is 8.54. The lowest BCUT2D eigenvalue weighted by Crippen LogP contribution is -2.32. The Morgan fingerprint density at radius 2 is 1.85 bits per heavy atom. The first-order valence-electron chi connectivity index (χ1n) is 8.54. The van der Waals surface area contributed by atoms with Gasteiger partial charge < -0.3 is 14.8 Å². The predicted molar refractivity (Wildman–Crippen MR) is 98.7 cm³/mol. The van der Waals surface area contributed by atoms with Gasteiger partial charge >= 0.3 is 5.97 Å². The molecule has 2 aromatic rings. The minimum absolute atomic E-state index is 0.141. The number of para-hydroxylation sites is 1. The molecule has 1 N–H and O–H groups in total. The van der Waals surface area contributed by atoms with E-state index in [2.05, 4.69) is 5.32 Å². The zero-order chi connectivity index (χ0) is 18.4. The summed E-state index contributed by atoms with van der Waals surface area (Å²) >= 11 is 0. The van der Waals surface area contributed by atoms with Crippen molar-refractivity contribution in [1.29, 1.82) is 0 Å². The number of rotatable bonds is 6. The minimum atomic E-state index is -0.536. The molecule has 2 aromatic carbocycles. The van der Waals surface area contributed by atoms with E-state index in [1.54, 1.807) is 6.08 Å². The van der Waals surface area contributed by atoms with Crippen LogP contribution in [0.2, 0.25) is 0 Å². The quantitative estimate of drug-likeness (QED) is 0.813. The average Bonchev–Trinajstić information content (AvgIpc) is 2.70. The van der Waals surface area contributed by atoms with Crippen molar-refractivity contribution < 1.29 is 19.1 Å². The van der Waals surface area contributed by atoms with E-state index in [0.29, 0.717) is 12.1 Å². The number of fused-ring (bicyclic) bond motifs is 1. The van der Waals surface area contributed by atoms with Gasteiger partial charge in [0.15, 0.2) is 6.61 Å². The standard InChI is InChI=1S/C21H21NO4/c1-15(16-7-3-2-4-8-16)12-22-20(23)14-26-21(24)18-11-17-9-5-6-10-19(17)25-13-18/h2-11,15H,12-14H2,1H3,(H,22,23)/t15-/m1/s1. The summed E-state index contributed by atoms with van der Waals surface area (Å²) in [6, 6.07) is 17.4. The first kappa shape index (κ1) is 17.7. The van der Waals surface area contributed by atoms with E-state index < -0.39 is 5.97 Å². The summed E-state index contributed by atoms with van der Waals surface area (Å²) in [4.78, 5) is 24.0. The van der Waals surface area contributed by atoms with Gasteiger partial charge in [0, 0.05) is 12.1 Å². The molecule has 134 valence electrons. The van der Waals surface area contributed by atoms with Gasteiger partial charge in [-0.1, -0.05) is 55.5 Å². The number of carbonyl (C=O) groups excluding carboxylic acids is 2. The summed E-state index contributed by atoms with van der Waals surface area (Å²) in [6.07, 6.45) is 1.73. The molecule has 5 nitrogen and oxygen atoms in total. The number of carbonyl (C=O) groups is 2. The van der Waals surface area contributed by atoms with E-state index in [4.69, 9.17) is 9.47 Å². The number of hydrogen-bond donors (Lipinski definition) is 1. The summed E-state index contributed by atoms with van der Waals surface area (Å²) in [6.45, 7) is 2.35. The Balaban J connectivity index is 1.46. The summed E-state index contributed by atoms with van der Waals surface area (Å²) in [5, 5.41) is 2.79. The molecule has 1 aliphatic heterocycles. The second-order valence-electron chi connectivity index (χ2n) is 6.19. The Morgan fingerprint density at radius 3 is 2.65 bits per heavy atom. The minimum Gasteiger partial charge on any atom is -0.488 e. The molecule has 0 saturated carbocycles. The lowest BCUT2D eigenvalue weighted by molar-refractivity contribution is -0.145. The topological polar surface area (TPSA) is 64.6 Å². The van der Waals surface area contributed by atoms with Crippen molar-refractivity contribution in [2.24, 2.45) is 0 Å². The van der Waals surface area contributed by atoms with Crippen molar-refractivity contribution in [3.05, 3.63) is 71.3 Å². The molecule has 0 radical (unpaired) electrons. The average molecular weight is 351 g/mol. The van der Waals surface area contributed by atoms with E-state index >= 15 is 0 Å². The highest BCUT2D eigenvalue weighted by molar-refractivity contribution is 5.96. The molecule has 0 fully saturated rings. The second-order valence-corrected chi connectivity index (χ2v) is 6.19. The highest BCUT2D eigenvalue weighted by atomic mass is 16.5. The van der Waals surface area contributed by atoms with E-state index in [0.717, 1.165) is 16.9 Å². The van der Waals surface area contributed by atoms with Crippen LogP contribution in [0.25, 0.3) is 6.08 Å². The Kier molecular flexibility index (Phi) is 5.69. The van der Waals surface area contributed by atoms with E-state index in [9.17, 15) is 9.59 Å². The third-order valence-electron chi connectivity index (χ3n) is 4.20. The van der Waals surface area contributed by atoms with Crippen molar-refractivity contribution in [3.8, 4) is 5.75 Å². The third-order valence-corrected chi connectivity index (χ3v) is 4.20. The van der Waals surface area contributed by atoms with Crippen molar-refractivity contribution in [1.82, 2.24) is 5.32 Å². The van der Waals surface area contributed by atoms with Crippen LogP contribution in [0.4, 0.5) is 0 Å². The Labute approximate surface area is 152 Å². The van der Waals surface area contributed by atoms with Crippen molar-refractivity contribution in [2.75, 3.05) is 19.8 Å². The molecule has 0 spiro atoms. The summed E-state index contributed by atoms with van der Waals surface area (Å²) in [5.41, 5.74) is 2.37. The number of esters is 1. The fraction of sp³-hybridized carbons (Fsp3) is 0.238. The van der Waals surface area contributed by atoms with E-state index in [-0.39, 0.29) is 25.0 Å². The maximum atomic E-state index is 12.1. The smallest absolute Gasteiger partial charge is 0.338 e. The predicted octanol–water partition coefficient (Wildman–Crippen LogP) is 2.93. The first-order chi connectivity index (χ1) is 12.6. The molecular formula is C21H21NO4. The maximum absolute atomic E-state index is 12.1. The van der Waals surface area contributed by atoms with Crippen LogP contribution in [0, 0.1) is 0 Å². The summed E-state index contributed by atoms with van der Waals surface area (Å²) < 4.78 is 10.6. The van der Waals surface area contributed by atoms with Crippen molar-refractivity contribution in [2.45, 2.75) is 12.8 Å². The molecule has 26 heavy (non-hydrogen) atoms. The van der Waals surface area contributed by atoms with Gasteiger partial charge in [0.05, 0.1) is 5.57 Å². The monoisotopic (exact) mass is 351 g/mol. The van der Waals surface area contributed by atoms with Gasteiger partial charge in [0.2, 0.25) is 0 Å². The molecule has 1 amide bonds. The lowest BCUT2D eigenvalue weighted by Gasteiger charge is -2.17. The van der Waals surface area contributed by atoms with E-state index in [1.807, 2.05) is 61.5 Å². The molecule has 1 heterocycles. The largest absolute Gasteiger partial charge is 0.488 e. The van der Waals surface area contributed by atoms with Crippen LogP contribution in [-0.2, 0) is 14.3 Å². The molecule has 1 atom stereocenters. The third kappa shape index (κ3) is 4.51. The van der Waals surface area contributed by atoms with Crippen LogP contribution < -0.4 is 10.1 Å². The van der Waals surface area contributed by atoms with Gasteiger partial charge in [-0.05, 0) is 23.6 Å². The maximum Gasteiger partial charge on any atom is 0.338 e. The van der Waals surface area contributed by atoms with Crippen molar-refractivity contribution in [3.63, 3.8) is 0 Å². The van der Waals surface area contributed by atoms with Crippen molar-refractivity contribution >= 4 is 18.0 Å². The molecular weight excluding hydrogens is 330 g/mol. The van der Waals surface area contributed by atoms with E-state index in [1.165, 1.54) is 0 Å². The molecule has 3 rings (SSSR count). The molecule has 0 saturated heterocycles. The SMILES string of the molecule is C[C@H](CNC(=O)COC(=O)C1=Cc2ccccc2OC1)c1ccccc1. The molecule has 0 aromatic heterocycles. The van der Waals surface area contributed by atoms with Crippen LogP contribution in [0.1, 0.15) is 24.0 Å². The number of ether oxygens (including phenoxy) is 2. The van der Waals surface area contributed by atoms with Crippen LogP contribution in [0.5, 0.6) is 5.75 Å². The van der Waals surface area contributed by atoms with Gasteiger partial charge in [-0.25, -0.2) is 4.79 Å². The lowest BCUT2D eigenvalue weighted by atomic mass is 10.0. The fourth-order valence-electron chi connectivity index (χ4n) is 2.68. The van der Waals surface area contributed by atoms with Gasteiger partial charge in [-0.3, -0.25) is 4.79 Å². The van der Waals surface area contributed by atoms with Crippen LogP contribution in [-0.4, -0.2) is 31.6 Å². The van der Waals surface area contributed by atoms with Gasteiger partial charge in [-0.15, -0.1) is 0 Å². The normalized spacial score (nSPS) is 13.7.